The quantitative estimate of drug-likeness (QED) is 0.706. The van der Waals surface area contributed by atoms with Crippen LogP contribution >= 0.6 is 0 Å². The zero-order chi connectivity index (χ0) is 13.7. The lowest BCUT2D eigenvalue weighted by Crippen LogP contribution is -2.29. The summed E-state index contributed by atoms with van der Waals surface area (Å²) in [5.41, 5.74) is 0. The van der Waals surface area contributed by atoms with E-state index in [0.717, 1.165) is 0 Å². The van der Waals surface area contributed by atoms with Gasteiger partial charge in [0.15, 0.2) is 0 Å². The van der Waals surface area contributed by atoms with Crippen molar-refractivity contribution in [3.63, 3.8) is 0 Å². The lowest BCUT2D eigenvalue weighted by molar-refractivity contribution is 0.301. The van der Waals surface area contributed by atoms with Crippen molar-refractivity contribution < 1.29 is 5.11 Å². The summed E-state index contributed by atoms with van der Waals surface area (Å²) in [5, 5.41) is 15.9. The number of aromatic nitrogens is 6. The summed E-state index contributed by atoms with van der Waals surface area (Å²) in [5.74, 6) is 1.30. The summed E-state index contributed by atoms with van der Waals surface area (Å²) in [6, 6.07) is 0. The lowest BCUT2D eigenvalue weighted by atomic mass is 10.5. The molecule has 2 N–H and O–H groups in total. The number of rotatable bonds is 6. The van der Waals surface area contributed by atoms with Crippen molar-refractivity contribution in [1.82, 2.24) is 29.7 Å². The van der Waals surface area contributed by atoms with Crippen LogP contribution in [0.3, 0.4) is 0 Å². The molecule has 0 saturated heterocycles. The smallest absolute Gasteiger partial charge is 0.258 e. The summed E-state index contributed by atoms with van der Waals surface area (Å²) >= 11 is 0. The van der Waals surface area contributed by atoms with Crippen LogP contribution in [0.1, 0.15) is 6.92 Å². The van der Waals surface area contributed by atoms with Crippen LogP contribution in [0.5, 0.6) is 0 Å². The molecular formula is C10H16N8O. The molecule has 102 valence electrons. The first-order valence-electron chi connectivity index (χ1n) is 5.93. The van der Waals surface area contributed by atoms with Crippen molar-refractivity contribution in [2.24, 2.45) is 0 Å². The van der Waals surface area contributed by atoms with Crippen molar-refractivity contribution in [3.05, 3.63) is 12.7 Å². The summed E-state index contributed by atoms with van der Waals surface area (Å²) in [7, 11) is 1.73. The van der Waals surface area contributed by atoms with Crippen LogP contribution in [-0.4, -0.2) is 61.6 Å². The highest BCUT2D eigenvalue weighted by Crippen LogP contribution is 2.12. The van der Waals surface area contributed by atoms with Gasteiger partial charge in [0.1, 0.15) is 12.7 Å². The Morgan fingerprint density at radius 2 is 2.21 bits per heavy atom. The minimum atomic E-state index is 0.0348. The van der Waals surface area contributed by atoms with Gasteiger partial charge in [-0.3, -0.25) is 0 Å². The highest BCUT2D eigenvalue weighted by molar-refractivity contribution is 5.39. The fraction of sp³-hybridized carbons (Fsp3) is 0.500. The first-order chi connectivity index (χ1) is 9.28. The van der Waals surface area contributed by atoms with E-state index in [-0.39, 0.29) is 6.61 Å². The first kappa shape index (κ1) is 13.1. The Labute approximate surface area is 110 Å². The van der Waals surface area contributed by atoms with Gasteiger partial charge >= 0.3 is 0 Å². The van der Waals surface area contributed by atoms with Crippen LogP contribution in [0, 0.1) is 0 Å². The van der Waals surface area contributed by atoms with E-state index in [2.05, 4.69) is 30.4 Å². The molecule has 0 saturated carbocycles. The molecule has 0 spiro atoms. The van der Waals surface area contributed by atoms with Crippen molar-refractivity contribution in [3.8, 4) is 5.95 Å². The van der Waals surface area contributed by atoms with Gasteiger partial charge in [0.2, 0.25) is 11.9 Å². The van der Waals surface area contributed by atoms with Gasteiger partial charge in [0.05, 0.1) is 6.61 Å². The molecule has 0 aliphatic heterocycles. The van der Waals surface area contributed by atoms with E-state index in [1.54, 1.807) is 7.05 Å². The third-order valence-corrected chi connectivity index (χ3v) is 2.49. The predicted molar refractivity (Wildman–Crippen MR) is 69.3 cm³/mol. The highest BCUT2D eigenvalue weighted by Gasteiger charge is 2.12. The van der Waals surface area contributed by atoms with E-state index >= 15 is 0 Å². The van der Waals surface area contributed by atoms with Gasteiger partial charge in [0.25, 0.3) is 5.95 Å². The second-order valence-corrected chi connectivity index (χ2v) is 3.65. The monoisotopic (exact) mass is 264 g/mol. The molecule has 0 bridgehead atoms. The molecule has 0 fully saturated rings. The topological polar surface area (TPSA) is 105 Å². The summed E-state index contributed by atoms with van der Waals surface area (Å²) in [6.45, 7) is 3.14. The molecular weight excluding hydrogens is 248 g/mol. The molecule has 0 radical (unpaired) electrons. The second-order valence-electron chi connectivity index (χ2n) is 3.65. The Morgan fingerprint density at radius 1 is 1.37 bits per heavy atom. The minimum Gasteiger partial charge on any atom is -0.395 e. The molecule has 2 heterocycles. The highest BCUT2D eigenvalue weighted by atomic mass is 16.3. The SMILES string of the molecule is CCN(CCO)c1nc(NC)nc(-n2cncn2)n1. The molecule has 9 nitrogen and oxygen atoms in total. The van der Waals surface area contributed by atoms with E-state index in [1.165, 1.54) is 17.3 Å². The molecule has 2 aromatic rings. The third-order valence-electron chi connectivity index (χ3n) is 2.49. The average Bonchev–Trinajstić information content (AvgIpc) is 2.98. The van der Waals surface area contributed by atoms with Crippen LogP contribution < -0.4 is 10.2 Å². The van der Waals surface area contributed by atoms with Crippen LogP contribution in [0.15, 0.2) is 12.7 Å². The Morgan fingerprint density at radius 3 is 2.79 bits per heavy atom. The fourth-order valence-corrected chi connectivity index (χ4v) is 1.54. The molecule has 2 aromatic heterocycles. The van der Waals surface area contributed by atoms with E-state index in [1.807, 2.05) is 11.8 Å². The maximum Gasteiger partial charge on any atom is 0.258 e. The Balaban J connectivity index is 2.41. The van der Waals surface area contributed by atoms with Crippen molar-refractivity contribution in [1.29, 1.82) is 0 Å². The van der Waals surface area contributed by atoms with E-state index in [0.29, 0.717) is 30.9 Å². The van der Waals surface area contributed by atoms with Crippen LogP contribution in [0.25, 0.3) is 5.95 Å². The normalized spacial score (nSPS) is 10.5. The third kappa shape index (κ3) is 2.94. The summed E-state index contributed by atoms with van der Waals surface area (Å²) in [6.07, 6.45) is 2.93. The van der Waals surface area contributed by atoms with Gasteiger partial charge in [-0.15, -0.1) is 0 Å². The molecule has 0 aromatic carbocycles. The van der Waals surface area contributed by atoms with Gasteiger partial charge < -0.3 is 15.3 Å². The Kier molecular flexibility index (Phi) is 4.18. The number of hydrogen-bond donors (Lipinski definition) is 2. The van der Waals surface area contributed by atoms with Gasteiger partial charge in [-0.05, 0) is 6.92 Å². The number of nitrogens with zero attached hydrogens (tertiary/aromatic N) is 7. The maximum atomic E-state index is 9.05. The number of anilines is 2. The van der Waals surface area contributed by atoms with Crippen molar-refractivity contribution in [2.75, 3.05) is 37.0 Å². The van der Waals surface area contributed by atoms with Gasteiger partial charge in [-0.2, -0.15) is 24.7 Å². The number of hydrogen-bond acceptors (Lipinski definition) is 8. The predicted octanol–water partition coefficient (Wildman–Crippen LogP) is -0.687. The van der Waals surface area contributed by atoms with Crippen LogP contribution in [0.4, 0.5) is 11.9 Å². The molecule has 2 rings (SSSR count). The summed E-state index contributed by atoms with van der Waals surface area (Å²) in [4.78, 5) is 18.5. The molecule has 0 amide bonds. The molecule has 0 aliphatic carbocycles. The minimum absolute atomic E-state index is 0.0348. The van der Waals surface area contributed by atoms with Gasteiger partial charge in [0, 0.05) is 20.1 Å². The maximum absolute atomic E-state index is 9.05. The Hall–Kier alpha value is -2.29. The van der Waals surface area contributed by atoms with Gasteiger partial charge in [-0.1, -0.05) is 0 Å². The molecule has 19 heavy (non-hydrogen) atoms. The number of aliphatic hydroxyl groups is 1. The number of aliphatic hydroxyl groups excluding tert-OH is 1. The van der Waals surface area contributed by atoms with Gasteiger partial charge in [-0.25, -0.2) is 4.98 Å². The van der Waals surface area contributed by atoms with E-state index in [4.69, 9.17) is 5.11 Å². The van der Waals surface area contributed by atoms with E-state index < -0.39 is 0 Å². The van der Waals surface area contributed by atoms with E-state index in [9.17, 15) is 0 Å². The average molecular weight is 264 g/mol. The largest absolute Gasteiger partial charge is 0.395 e. The fourth-order valence-electron chi connectivity index (χ4n) is 1.54. The standard InChI is InChI=1S/C10H16N8O/c1-3-17(4-5-19)9-14-8(11-2)15-10(16-9)18-7-12-6-13-18/h6-7,19H,3-5H2,1-2H3,(H,11,14,15,16). The zero-order valence-corrected chi connectivity index (χ0v) is 10.9. The Bertz CT molecular complexity index is 514. The number of likely N-dealkylation sites (N-methyl/N-ethyl adjacent to an activating group) is 1. The molecule has 0 unspecified atom stereocenters. The second kappa shape index (κ2) is 6.05. The summed E-state index contributed by atoms with van der Waals surface area (Å²) < 4.78 is 1.46. The molecule has 9 heteroatoms. The molecule has 0 aliphatic rings. The molecule has 0 atom stereocenters. The van der Waals surface area contributed by atoms with Crippen LogP contribution in [0.2, 0.25) is 0 Å². The van der Waals surface area contributed by atoms with Crippen LogP contribution in [-0.2, 0) is 0 Å². The van der Waals surface area contributed by atoms with Crippen molar-refractivity contribution >= 4 is 11.9 Å². The lowest BCUT2D eigenvalue weighted by Gasteiger charge is -2.20. The first-order valence-corrected chi connectivity index (χ1v) is 5.93. The zero-order valence-electron chi connectivity index (χ0n) is 10.9. The van der Waals surface area contributed by atoms with Crippen molar-refractivity contribution in [2.45, 2.75) is 6.92 Å². The number of nitrogens with one attached hydrogen (secondary N) is 1.